The van der Waals surface area contributed by atoms with Gasteiger partial charge in [0.15, 0.2) is 0 Å². The largest absolute Gasteiger partial charge is 0.457 e. The van der Waals surface area contributed by atoms with E-state index in [1.807, 2.05) is 52.1 Å². The molecule has 1 N–H and O–H groups in total. The van der Waals surface area contributed by atoms with E-state index < -0.39 is 34.3 Å². The third-order valence-corrected chi connectivity index (χ3v) is 11.0. The van der Waals surface area contributed by atoms with Gasteiger partial charge in [0.1, 0.15) is 12.2 Å². The van der Waals surface area contributed by atoms with Crippen molar-refractivity contribution < 1.29 is 32.6 Å². The van der Waals surface area contributed by atoms with Gasteiger partial charge >= 0.3 is 12.1 Å². The van der Waals surface area contributed by atoms with Gasteiger partial charge in [-0.3, -0.25) is 4.79 Å². The zero-order valence-corrected chi connectivity index (χ0v) is 27.6. The van der Waals surface area contributed by atoms with Gasteiger partial charge in [0.2, 0.25) is 10.0 Å². The van der Waals surface area contributed by atoms with Crippen LogP contribution in [-0.4, -0.2) is 104 Å². The molecule has 4 rings (SSSR count). The normalized spacial score (nSPS) is 29.4. The van der Waals surface area contributed by atoms with Gasteiger partial charge in [-0.25, -0.2) is 13.2 Å². The highest BCUT2D eigenvalue weighted by Crippen LogP contribution is 2.28. The lowest BCUT2D eigenvalue weighted by Gasteiger charge is -2.33. The summed E-state index contributed by atoms with van der Waals surface area (Å²) >= 11 is 0. The molecular weight excluding hydrogens is 582 g/mol. The molecule has 3 heterocycles. The monoisotopic (exact) mass is 631 g/mol. The van der Waals surface area contributed by atoms with Gasteiger partial charge in [-0.2, -0.15) is 4.31 Å². The van der Waals surface area contributed by atoms with Crippen LogP contribution in [0, 0.1) is 18.8 Å². The predicted molar refractivity (Wildman–Crippen MR) is 169 cm³/mol. The first-order chi connectivity index (χ1) is 20.8. The van der Waals surface area contributed by atoms with Crippen molar-refractivity contribution >= 4 is 28.2 Å². The van der Waals surface area contributed by atoms with E-state index in [2.05, 4.69) is 4.90 Å². The van der Waals surface area contributed by atoms with Crippen molar-refractivity contribution in [3.63, 3.8) is 0 Å². The Morgan fingerprint density at radius 1 is 1.05 bits per heavy atom. The van der Waals surface area contributed by atoms with Gasteiger partial charge in [0.25, 0.3) is 0 Å². The molecule has 0 saturated carbocycles. The van der Waals surface area contributed by atoms with Gasteiger partial charge in [-0.05, 0) is 81.3 Å². The Kier molecular flexibility index (Phi) is 11.7. The molecule has 0 bridgehead atoms. The van der Waals surface area contributed by atoms with E-state index in [0.717, 1.165) is 31.5 Å². The van der Waals surface area contributed by atoms with E-state index in [9.17, 15) is 23.1 Å². The van der Waals surface area contributed by atoms with E-state index >= 15 is 0 Å². The summed E-state index contributed by atoms with van der Waals surface area (Å²) in [6.45, 7) is 11.4. The quantitative estimate of drug-likeness (QED) is 0.380. The first kappa shape index (κ1) is 34.1. The third-order valence-electron chi connectivity index (χ3n) is 9.00. The number of hydrogen-bond acceptors (Lipinski definition) is 8. The summed E-state index contributed by atoms with van der Waals surface area (Å²) in [6.07, 6.45) is 5.77. The lowest BCUT2D eigenvalue weighted by atomic mass is 9.91. The molecule has 1 aromatic rings. The SMILES string of the molecule is C/C(=C\c1ccc(C)c(S(=O)(=O)N2CCCC2)c1)[C@H]1OC(=O)C[C@H](O)CC[C@H](C)[C@H](OC(=O)N2CCN(C)CC2)/C=C/[C@@H]1C. The van der Waals surface area contributed by atoms with Crippen LogP contribution in [0.25, 0.3) is 6.08 Å². The van der Waals surface area contributed by atoms with Crippen LogP contribution in [0.1, 0.15) is 64.0 Å². The topological polar surface area (TPSA) is 117 Å². The Morgan fingerprint density at radius 2 is 1.73 bits per heavy atom. The molecule has 0 radical (unpaired) electrons. The number of hydrogen-bond donors (Lipinski definition) is 1. The van der Waals surface area contributed by atoms with Crippen LogP contribution in [0.3, 0.4) is 0 Å². The molecule has 244 valence electrons. The Labute approximate surface area is 262 Å². The summed E-state index contributed by atoms with van der Waals surface area (Å²) in [5.41, 5.74) is 2.10. The Morgan fingerprint density at radius 3 is 2.41 bits per heavy atom. The van der Waals surface area contributed by atoms with Crippen molar-refractivity contribution in [3.05, 3.63) is 47.1 Å². The third kappa shape index (κ3) is 8.71. The predicted octanol–water partition coefficient (Wildman–Crippen LogP) is 4.22. The van der Waals surface area contributed by atoms with Crippen molar-refractivity contribution in [1.82, 2.24) is 14.1 Å². The average molecular weight is 632 g/mol. The number of aliphatic hydroxyl groups excluding tert-OH is 1. The highest BCUT2D eigenvalue weighted by atomic mass is 32.2. The van der Waals surface area contributed by atoms with Crippen molar-refractivity contribution in [3.8, 4) is 0 Å². The number of ether oxygens (including phenoxy) is 2. The molecular formula is C33H49N3O7S. The van der Waals surface area contributed by atoms with Crippen LogP contribution in [0.2, 0.25) is 0 Å². The number of sulfonamides is 1. The fourth-order valence-corrected chi connectivity index (χ4v) is 7.80. The molecule has 0 aliphatic carbocycles. The molecule has 0 aromatic heterocycles. The standard InChI is InChI=1S/C33H49N3O7S/c1-23-9-12-28(37)22-31(38)43-32(25(3)10-13-29(23)42-33(39)35-18-16-34(5)17-19-35)26(4)20-27-11-8-24(2)30(21-27)44(40,41)36-14-6-7-15-36/h8,10-11,13,20-21,23,25,28-29,32,37H,6-7,9,12,14-19,22H2,1-5H3/b13-10+,26-20+/t23-,25-,28+,29+,32-/m0/s1. The molecule has 2 fully saturated rings. The molecule has 1 aromatic carbocycles. The summed E-state index contributed by atoms with van der Waals surface area (Å²) in [5.74, 6) is -0.858. The molecule has 5 atom stereocenters. The smallest absolute Gasteiger partial charge is 0.410 e. The number of benzene rings is 1. The van der Waals surface area contributed by atoms with E-state index in [4.69, 9.17) is 9.47 Å². The zero-order valence-electron chi connectivity index (χ0n) is 26.8. The van der Waals surface area contributed by atoms with Gasteiger partial charge in [-0.1, -0.05) is 38.1 Å². The van der Waals surface area contributed by atoms with E-state index in [0.29, 0.717) is 50.1 Å². The van der Waals surface area contributed by atoms with Gasteiger partial charge < -0.3 is 24.4 Å². The number of aliphatic hydroxyl groups is 1. The van der Waals surface area contributed by atoms with Crippen molar-refractivity contribution in [2.24, 2.45) is 11.8 Å². The second-order valence-corrected chi connectivity index (χ2v) is 14.6. The number of likely N-dealkylation sites (N-methyl/N-ethyl adjacent to an activating group) is 1. The Hall–Kier alpha value is -2.73. The summed E-state index contributed by atoms with van der Waals surface area (Å²) < 4.78 is 40.2. The number of amides is 1. The first-order valence-electron chi connectivity index (χ1n) is 15.8. The second kappa shape index (κ2) is 15.0. The number of aryl methyl sites for hydroxylation is 1. The Balaban J connectivity index is 1.59. The molecule has 44 heavy (non-hydrogen) atoms. The van der Waals surface area contributed by atoms with Gasteiger partial charge in [0.05, 0.1) is 17.4 Å². The molecule has 0 unspecified atom stereocenters. The highest BCUT2D eigenvalue weighted by molar-refractivity contribution is 7.89. The van der Waals surface area contributed by atoms with Crippen molar-refractivity contribution in [2.75, 3.05) is 46.3 Å². The van der Waals surface area contributed by atoms with Crippen LogP contribution in [-0.2, 0) is 24.3 Å². The lowest BCUT2D eigenvalue weighted by molar-refractivity contribution is -0.151. The molecule has 2 saturated heterocycles. The fourth-order valence-electron chi connectivity index (χ4n) is 6.03. The minimum absolute atomic E-state index is 0.0708. The maximum Gasteiger partial charge on any atom is 0.410 e. The van der Waals surface area contributed by atoms with E-state index in [1.165, 1.54) is 4.31 Å². The highest BCUT2D eigenvalue weighted by Gasteiger charge is 2.31. The van der Waals surface area contributed by atoms with Crippen LogP contribution in [0.4, 0.5) is 4.79 Å². The summed E-state index contributed by atoms with van der Waals surface area (Å²) in [6, 6.07) is 5.35. The fraction of sp³-hybridized carbons (Fsp3) is 0.636. The molecule has 0 spiro atoms. The number of cyclic esters (lactones) is 1. The van der Waals surface area contributed by atoms with E-state index in [-0.39, 0.29) is 29.2 Å². The van der Waals surface area contributed by atoms with Crippen LogP contribution in [0.15, 0.2) is 40.8 Å². The molecule has 3 aliphatic rings. The molecule has 1 amide bonds. The minimum Gasteiger partial charge on any atom is -0.457 e. The average Bonchev–Trinajstić information content (AvgIpc) is 3.53. The number of nitrogens with zero attached hydrogens (tertiary/aromatic N) is 3. The number of esters is 1. The Bertz CT molecular complexity index is 1330. The minimum atomic E-state index is -3.61. The maximum atomic E-state index is 13.3. The number of piperazine rings is 1. The number of carbonyl (C=O) groups excluding carboxylic acids is 2. The van der Waals surface area contributed by atoms with E-state index in [1.54, 1.807) is 24.0 Å². The van der Waals surface area contributed by atoms with Crippen molar-refractivity contribution in [2.45, 2.75) is 83.0 Å². The summed E-state index contributed by atoms with van der Waals surface area (Å²) in [4.78, 5) is 30.1. The van der Waals surface area contributed by atoms with Crippen LogP contribution < -0.4 is 0 Å². The molecule has 11 heteroatoms. The first-order valence-corrected chi connectivity index (χ1v) is 17.3. The number of carbonyl (C=O) groups is 2. The van der Waals surface area contributed by atoms with Gasteiger partial charge in [-0.15, -0.1) is 0 Å². The summed E-state index contributed by atoms with van der Waals surface area (Å²) in [7, 11) is -1.58. The summed E-state index contributed by atoms with van der Waals surface area (Å²) in [5, 5.41) is 10.6. The zero-order chi connectivity index (χ0) is 32.0. The van der Waals surface area contributed by atoms with Crippen LogP contribution >= 0.6 is 0 Å². The molecule has 3 aliphatic heterocycles. The van der Waals surface area contributed by atoms with Gasteiger partial charge in [0, 0.05) is 45.2 Å². The lowest BCUT2D eigenvalue weighted by Crippen LogP contribution is -2.48. The molecule has 10 nitrogen and oxygen atoms in total. The number of rotatable bonds is 5. The van der Waals surface area contributed by atoms with Crippen LogP contribution in [0.5, 0.6) is 0 Å². The maximum absolute atomic E-state index is 13.3. The van der Waals surface area contributed by atoms with Crippen molar-refractivity contribution in [1.29, 1.82) is 0 Å². The second-order valence-electron chi connectivity index (χ2n) is 12.7.